The quantitative estimate of drug-likeness (QED) is 0.906. The van der Waals surface area contributed by atoms with E-state index in [4.69, 9.17) is 15.2 Å². The number of methoxy groups -OCH3 is 1. The number of hydrogen-bond donors (Lipinski definition) is 1. The molecule has 118 valence electrons. The first-order valence-corrected chi connectivity index (χ1v) is 7.44. The molecule has 5 heteroatoms. The van der Waals surface area contributed by atoms with E-state index in [1.165, 1.54) is 13.2 Å². The molecule has 1 aromatic rings. The highest BCUT2D eigenvalue weighted by Crippen LogP contribution is 2.34. The van der Waals surface area contributed by atoms with Crippen LogP contribution in [0.15, 0.2) is 18.2 Å². The van der Waals surface area contributed by atoms with Gasteiger partial charge in [-0.2, -0.15) is 0 Å². The molecule has 1 aromatic carbocycles. The van der Waals surface area contributed by atoms with E-state index < -0.39 is 0 Å². The second-order valence-corrected chi connectivity index (χ2v) is 5.68. The molecule has 4 nitrogen and oxygen atoms in total. The predicted octanol–water partition coefficient (Wildman–Crippen LogP) is 2.34. The topological polar surface area (TPSA) is 47.7 Å². The van der Waals surface area contributed by atoms with E-state index in [0.29, 0.717) is 0 Å². The molecule has 1 aliphatic rings. The average molecular weight is 296 g/mol. The molecule has 21 heavy (non-hydrogen) atoms. The molecule has 0 bridgehead atoms. The molecule has 0 spiro atoms. The Kier molecular flexibility index (Phi) is 5.19. The van der Waals surface area contributed by atoms with Gasteiger partial charge in [-0.15, -0.1) is 0 Å². The summed E-state index contributed by atoms with van der Waals surface area (Å²) in [5, 5.41) is 0. The highest BCUT2D eigenvalue weighted by Gasteiger charge is 2.38. The van der Waals surface area contributed by atoms with E-state index in [-0.39, 0.29) is 23.1 Å². The summed E-state index contributed by atoms with van der Waals surface area (Å²) in [5.41, 5.74) is 7.06. The summed E-state index contributed by atoms with van der Waals surface area (Å²) in [7, 11) is 1.46. The SMILES string of the molecule is CCC(C)(C(N)c1ccc(OC)c(F)c1)N1CCOCC1. The summed E-state index contributed by atoms with van der Waals surface area (Å²) in [4.78, 5) is 2.35. The normalized spacial score (nSPS) is 20.8. The van der Waals surface area contributed by atoms with Crippen LogP contribution in [0.3, 0.4) is 0 Å². The Morgan fingerprint density at radius 3 is 2.62 bits per heavy atom. The van der Waals surface area contributed by atoms with Gasteiger partial charge in [0.15, 0.2) is 11.6 Å². The Labute approximate surface area is 126 Å². The molecule has 1 heterocycles. The minimum atomic E-state index is -0.370. The van der Waals surface area contributed by atoms with E-state index in [0.717, 1.165) is 38.3 Å². The number of nitrogens with zero attached hydrogens (tertiary/aromatic N) is 1. The van der Waals surface area contributed by atoms with Crippen molar-refractivity contribution in [1.82, 2.24) is 4.90 Å². The molecular weight excluding hydrogens is 271 g/mol. The van der Waals surface area contributed by atoms with E-state index in [2.05, 4.69) is 18.7 Å². The maximum absolute atomic E-state index is 13.9. The van der Waals surface area contributed by atoms with Gasteiger partial charge in [-0.3, -0.25) is 4.90 Å². The average Bonchev–Trinajstić information content (AvgIpc) is 2.54. The van der Waals surface area contributed by atoms with Crippen molar-refractivity contribution >= 4 is 0 Å². The van der Waals surface area contributed by atoms with Crippen LogP contribution in [0.1, 0.15) is 31.9 Å². The van der Waals surface area contributed by atoms with Crippen molar-refractivity contribution in [2.24, 2.45) is 5.73 Å². The van der Waals surface area contributed by atoms with Gasteiger partial charge in [-0.05, 0) is 31.0 Å². The van der Waals surface area contributed by atoms with Gasteiger partial charge in [-0.25, -0.2) is 4.39 Å². The fourth-order valence-corrected chi connectivity index (χ4v) is 2.95. The van der Waals surface area contributed by atoms with Crippen molar-refractivity contribution in [3.05, 3.63) is 29.6 Å². The highest BCUT2D eigenvalue weighted by molar-refractivity contribution is 5.32. The lowest BCUT2D eigenvalue weighted by Gasteiger charge is -2.46. The van der Waals surface area contributed by atoms with E-state index in [9.17, 15) is 4.39 Å². The third-order valence-electron chi connectivity index (χ3n) is 4.65. The summed E-state index contributed by atoms with van der Waals surface area (Å²) in [5.74, 6) is -0.124. The van der Waals surface area contributed by atoms with Crippen LogP contribution < -0.4 is 10.5 Å². The van der Waals surface area contributed by atoms with Gasteiger partial charge in [0, 0.05) is 24.7 Å². The number of benzene rings is 1. The van der Waals surface area contributed by atoms with Crippen LogP contribution in [0.4, 0.5) is 4.39 Å². The Morgan fingerprint density at radius 1 is 1.43 bits per heavy atom. The first-order chi connectivity index (χ1) is 10.0. The zero-order valence-corrected chi connectivity index (χ0v) is 13.1. The Hall–Kier alpha value is -1.17. The molecule has 2 N–H and O–H groups in total. The molecular formula is C16H25FN2O2. The van der Waals surface area contributed by atoms with Gasteiger partial charge in [0.25, 0.3) is 0 Å². The van der Waals surface area contributed by atoms with E-state index in [1.807, 2.05) is 6.07 Å². The Bertz CT molecular complexity index is 477. The van der Waals surface area contributed by atoms with Crippen LogP contribution in [0, 0.1) is 5.82 Å². The van der Waals surface area contributed by atoms with Gasteiger partial charge in [0.2, 0.25) is 0 Å². The second-order valence-electron chi connectivity index (χ2n) is 5.68. The summed E-state index contributed by atoms with van der Waals surface area (Å²) < 4.78 is 24.3. The fourth-order valence-electron chi connectivity index (χ4n) is 2.95. The highest BCUT2D eigenvalue weighted by atomic mass is 19.1. The second kappa shape index (κ2) is 6.73. The van der Waals surface area contributed by atoms with Crippen LogP contribution in [0.5, 0.6) is 5.75 Å². The Morgan fingerprint density at radius 2 is 2.10 bits per heavy atom. The van der Waals surface area contributed by atoms with Crippen molar-refractivity contribution in [3.63, 3.8) is 0 Å². The molecule has 1 fully saturated rings. The summed E-state index contributed by atoms with van der Waals surface area (Å²) in [6.07, 6.45) is 0.891. The largest absolute Gasteiger partial charge is 0.494 e. The van der Waals surface area contributed by atoms with Crippen LogP contribution in [0.25, 0.3) is 0 Å². The summed E-state index contributed by atoms with van der Waals surface area (Å²) in [6, 6.07) is 4.71. The molecule has 2 unspecified atom stereocenters. The smallest absolute Gasteiger partial charge is 0.165 e. The number of hydrogen-bond acceptors (Lipinski definition) is 4. The predicted molar refractivity (Wildman–Crippen MR) is 81.0 cm³/mol. The molecule has 0 radical (unpaired) electrons. The van der Waals surface area contributed by atoms with Gasteiger partial charge in [0.05, 0.1) is 20.3 Å². The third kappa shape index (κ3) is 3.20. The molecule has 0 amide bonds. The van der Waals surface area contributed by atoms with Crippen LogP contribution in [0.2, 0.25) is 0 Å². The zero-order chi connectivity index (χ0) is 15.5. The maximum Gasteiger partial charge on any atom is 0.165 e. The lowest BCUT2D eigenvalue weighted by atomic mass is 9.83. The minimum Gasteiger partial charge on any atom is -0.494 e. The van der Waals surface area contributed by atoms with Crippen molar-refractivity contribution in [1.29, 1.82) is 0 Å². The van der Waals surface area contributed by atoms with Crippen molar-refractivity contribution in [3.8, 4) is 5.75 Å². The monoisotopic (exact) mass is 296 g/mol. The Balaban J connectivity index is 2.26. The first-order valence-electron chi connectivity index (χ1n) is 7.44. The number of rotatable bonds is 5. The lowest BCUT2D eigenvalue weighted by molar-refractivity contribution is -0.0278. The minimum absolute atomic E-state index is 0.217. The summed E-state index contributed by atoms with van der Waals surface area (Å²) in [6.45, 7) is 7.42. The van der Waals surface area contributed by atoms with Gasteiger partial charge in [0.1, 0.15) is 0 Å². The third-order valence-corrected chi connectivity index (χ3v) is 4.65. The van der Waals surface area contributed by atoms with Gasteiger partial charge >= 0.3 is 0 Å². The molecule has 2 rings (SSSR count). The lowest BCUT2D eigenvalue weighted by Crippen LogP contribution is -2.56. The molecule has 1 aliphatic heterocycles. The van der Waals surface area contributed by atoms with Crippen molar-refractivity contribution in [2.45, 2.75) is 31.8 Å². The standard InChI is InChI=1S/C16H25FN2O2/c1-4-16(2,19-7-9-21-10-8-19)15(18)12-5-6-14(20-3)13(17)11-12/h5-6,11,15H,4,7-10,18H2,1-3H3. The van der Waals surface area contributed by atoms with Crippen LogP contribution >= 0.6 is 0 Å². The number of halogens is 1. The first kappa shape index (κ1) is 16.2. The van der Waals surface area contributed by atoms with E-state index in [1.54, 1.807) is 6.07 Å². The molecule has 2 atom stereocenters. The van der Waals surface area contributed by atoms with Crippen LogP contribution in [-0.2, 0) is 4.74 Å². The number of ether oxygens (including phenoxy) is 2. The van der Waals surface area contributed by atoms with Gasteiger partial charge < -0.3 is 15.2 Å². The number of nitrogens with two attached hydrogens (primary N) is 1. The maximum atomic E-state index is 13.9. The van der Waals surface area contributed by atoms with Gasteiger partial charge in [-0.1, -0.05) is 13.0 Å². The molecule has 1 saturated heterocycles. The molecule has 0 aliphatic carbocycles. The molecule has 0 saturated carbocycles. The molecule has 0 aromatic heterocycles. The fraction of sp³-hybridized carbons (Fsp3) is 0.625. The summed E-state index contributed by atoms with van der Waals surface area (Å²) >= 11 is 0. The van der Waals surface area contributed by atoms with Crippen LogP contribution in [-0.4, -0.2) is 43.9 Å². The number of morpholine rings is 1. The van der Waals surface area contributed by atoms with E-state index >= 15 is 0 Å². The van der Waals surface area contributed by atoms with Crippen molar-refractivity contribution < 1.29 is 13.9 Å². The van der Waals surface area contributed by atoms with Crippen molar-refractivity contribution in [2.75, 3.05) is 33.4 Å². The zero-order valence-electron chi connectivity index (χ0n) is 13.1.